The van der Waals surface area contributed by atoms with Crippen molar-refractivity contribution in [3.05, 3.63) is 30.3 Å². The molecule has 0 bridgehead atoms. The number of benzene rings is 1. The topological polar surface area (TPSA) is 41.5 Å². The predicted molar refractivity (Wildman–Crippen MR) is 90.1 cm³/mol. The number of rotatable bonds is 8. The molecule has 1 aromatic carbocycles. The van der Waals surface area contributed by atoms with Crippen LogP contribution in [-0.4, -0.2) is 41.9 Å². The molecule has 21 heavy (non-hydrogen) atoms. The van der Waals surface area contributed by atoms with Crippen LogP contribution in [0.2, 0.25) is 0 Å². The highest BCUT2D eigenvalue weighted by molar-refractivity contribution is 8.00. The van der Waals surface area contributed by atoms with Crippen LogP contribution in [0.4, 0.5) is 0 Å². The molecule has 1 aromatic rings. The van der Waals surface area contributed by atoms with Gasteiger partial charge in [-0.2, -0.15) is 11.8 Å². The van der Waals surface area contributed by atoms with Crippen molar-refractivity contribution in [2.24, 2.45) is 0 Å². The van der Waals surface area contributed by atoms with Crippen LogP contribution in [0.1, 0.15) is 32.1 Å². The summed E-state index contributed by atoms with van der Waals surface area (Å²) in [6.07, 6.45) is 8.37. The zero-order valence-electron chi connectivity index (χ0n) is 12.9. The van der Waals surface area contributed by atoms with Gasteiger partial charge in [0.15, 0.2) is 0 Å². The molecule has 0 amide bonds. The summed E-state index contributed by atoms with van der Waals surface area (Å²) in [5.74, 6) is 0.810. The van der Waals surface area contributed by atoms with Crippen LogP contribution in [0.15, 0.2) is 30.3 Å². The normalized spacial score (nSPS) is 19.1. The third-order valence-corrected chi connectivity index (χ3v) is 5.63. The number of ether oxygens (including phenoxy) is 1. The molecule has 0 heterocycles. The number of aliphatic hydroxyl groups is 1. The summed E-state index contributed by atoms with van der Waals surface area (Å²) in [7, 11) is 0. The molecule has 0 aliphatic heterocycles. The minimum Gasteiger partial charge on any atom is -0.491 e. The Hall–Kier alpha value is -0.710. The van der Waals surface area contributed by atoms with Gasteiger partial charge in [-0.1, -0.05) is 37.5 Å². The van der Waals surface area contributed by atoms with Crippen LogP contribution in [0, 0.1) is 0 Å². The highest BCUT2D eigenvalue weighted by atomic mass is 32.2. The van der Waals surface area contributed by atoms with Gasteiger partial charge in [-0.15, -0.1) is 0 Å². The molecule has 0 aromatic heterocycles. The highest BCUT2D eigenvalue weighted by Crippen LogP contribution is 2.37. The average Bonchev–Trinajstić information content (AvgIpc) is 2.55. The molecule has 1 fully saturated rings. The molecule has 0 saturated heterocycles. The molecule has 2 rings (SSSR count). The number of hydrogen-bond donors (Lipinski definition) is 2. The second-order valence-electron chi connectivity index (χ2n) is 5.86. The van der Waals surface area contributed by atoms with E-state index in [1.165, 1.54) is 32.1 Å². The monoisotopic (exact) mass is 309 g/mol. The first-order chi connectivity index (χ1) is 10.2. The molecule has 1 saturated carbocycles. The Morgan fingerprint density at radius 2 is 1.95 bits per heavy atom. The fourth-order valence-electron chi connectivity index (χ4n) is 2.88. The Kier molecular flexibility index (Phi) is 6.87. The second kappa shape index (κ2) is 8.66. The van der Waals surface area contributed by atoms with Crippen molar-refractivity contribution < 1.29 is 9.84 Å². The Balaban J connectivity index is 1.65. The quantitative estimate of drug-likeness (QED) is 0.774. The maximum Gasteiger partial charge on any atom is 0.119 e. The zero-order chi connectivity index (χ0) is 15.0. The van der Waals surface area contributed by atoms with Crippen molar-refractivity contribution in [3.8, 4) is 5.75 Å². The summed E-state index contributed by atoms with van der Waals surface area (Å²) in [6.45, 7) is 1.91. The maximum absolute atomic E-state index is 10.0. The van der Waals surface area contributed by atoms with Gasteiger partial charge in [-0.3, -0.25) is 0 Å². The zero-order valence-corrected chi connectivity index (χ0v) is 13.7. The van der Waals surface area contributed by atoms with E-state index in [4.69, 9.17) is 4.74 Å². The summed E-state index contributed by atoms with van der Waals surface area (Å²) in [5.41, 5.74) is 0. The van der Waals surface area contributed by atoms with Crippen LogP contribution in [0.25, 0.3) is 0 Å². The average molecular weight is 309 g/mol. The maximum atomic E-state index is 10.0. The molecule has 1 atom stereocenters. The lowest BCUT2D eigenvalue weighted by molar-refractivity contribution is 0.105. The molecule has 1 unspecified atom stereocenters. The van der Waals surface area contributed by atoms with Gasteiger partial charge in [-0.25, -0.2) is 0 Å². The summed E-state index contributed by atoms with van der Waals surface area (Å²) in [5, 5.41) is 13.4. The van der Waals surface area contributed by atoms with E-state index < -0.39 is 6.10 Å². The van der Waals surface area contributed by atoms with Crippen molar-refractivity contribution >= 4 is 11.8 Å². The lowest BCUT2D eigenvalue weighted by Gasteiger charge is -2.36. The van der Waals surface area contributed by atoms with E-state index in [0.717, 1.165) is 12.3 Å². The summed E-state index contributed by atoms with van der Waals surface area (Å²) < 4.78 is 5.94. The molecular weight excluding hydrogens is 282 g/mol. The molecule has 0 radical (unpaired) electrons. The molecule has 1 aliphatic rings. The summed E-state index contributed by atoms with van der Waals surface area (Å²) in [4.78, 5) is 0. The highest BCUT2D eigenvalue weighted by Gasteiger charge is 2.30. The summed E-state index contributed by atoms with van der Waals surface area (Å²) >= 11 is 1.98. The molecule has 2 N–H and O–H groups in total. The van der Waals surface area contributed by atoms with Gasteiger partial charge in [0.05, 0.1) is 0 Å². The van der Waals surface area contributed by atoms with Crippen molar-refractivity contribution in [3.63, 3.8) is 0 Å². The third-order valence-electron chi connectivity index (χ3n) is 4.21. The number of thioether (sulfide) groups is 1. The molecule has 0 spiro atoms. The van der Waals surface area contributed by atoms with Gasteiger partial charge in [0.2, 0.25) is 0 Å². The lowest BCUT2D eigenvalue weighted by Crippen LogP contribution is -2.42. The van der Waals surface area contributed by atoms with Crippen molar-refractivity contribution in [2.45, 2.75) is 43.0 Å². The van der Waals surface area contributed by atoms with E-state index in [9.17, 15) is 5.11 Å². The molecule has 118 valence electrons. The Morgan fingerprint density at radius 1 is 1.24 bits per heavy atom. The molecular formula is C17H27NO2S. The first-order valence-corrected chi connectivity index (χ1v) is 9.08. The fraction of sp³-hybridized carbons (Fsp3) is 0.647. The number of para-hydroxylation sites is 1. The van der Waals surface area contributed by atoms with Crippen LogP contribution < -0.4 is 10.1 Å². The van der Waals surface area contributed by atoms with Crippen LogP contribution in [0.5, 0.6) is 5.75 Å². The van der Waals surface area contributed by atoms with Gasteiger partial charge >= 0.3 is 0 Å². The first kappa shape index (κ1) is 16.7. The summed E-state index contributed by atoms with van der Waals surface area (Å²) in [6, 6.07) is 9.64. The number of aliphatic hydroxyl groups excluding tert-OH is 1. The second-order valence-corrected chi connectivity index (χ2v) is 7.13. The van der Waals surface area contributed by atoms with Gasteiger partial charge in [0, 0.05) is 17.8 Å². The van der Waals surface area contributed by atoms with E-state index in [-0.39, 0.29) is 0 Å². The minimum absolute atomic E-state index is 0.337. The van der Waals surface area contributed by atoms with E-state index >= 15 is 0 Å². The third kappa shape index (κ3) is 5.53. The van der Waals surface area contributed by atoms with Gasteiger partial charge < -0.3 is 15.2 Å². The van der Waals surface area contributed by atoms with Crippen LogP contribution >= 0.6 is 11.8 Å². The van der Waals surface area contributed by atoms with E-state index in [2.05, 4.69) is 11.6 Å². The first-order valence-electron chi connectivity index (χ1n) is 7.86. The van der Waals surface area contributed by atoms with Gasteiger partial charge in [0.1, 0.15) is 18.5 Å². The lowest BCUT2D eigenvalue weighted by atomic mass is 9.88. The Bertz CT molecular complexity index is 393. The van der Waals surface area contributed by atoms with Crippen LogP contribution in [0.3, 0.4) is 0 Å². The minimum atomic E-state index is -0.465. The van der Waals surface area contributed by atoms with E-state index in [0.29, 0.717) is 17.9 Å². The van der Waals surface area contributed by atoms with E-state index in [1.54, 1.807) is 0 Å². The van der Waals surface area contributed by atoms with Crippen molar-refractivity contribution in [2.75, 3.05) is 26.0 Å². The molecule has 1 aliphatic carbocycles. The Labute approximate surface area is 132 Å². The number of nitrogens with one attached hydrogen (secondary N) is 1. The predicted octanol–water partition coefficient (Wildman–Crippen LogP) is 3.08. The SMILES string of the molecule is CSC1(CNCC(O)COc2ccccc2)CCCCC1. The Morgan fingerprint density at radius 3 is 2.62 bits per heavy atom. The molecule has 4 heteroatoms. The molecule has 3 nitrogen and oxygen atoms in total. The van der Waals surface area contributed by atoms with Crippen molar-refractivity contribution in [1.82, 2.24) is 5.32 Å². The fourth-order valence-corrected chi connectivity index (χ4v) is 3.83. The van der Waals surface area contributed by atoms with Gasteiger partial charge in [0.25, 0.3) is 0 Å². The largest absolute Gasteiger partial charge is 0.491 e. The van der Waals surface area contributed by atoms with Crippen molar-refractivity contribution in [1.29, 1.82) is 0 Å². The smallest absolute Gasteiger partial charge is 0.119 e. The van der Waals surface area contributed by atoms with Crippen LogP contribution in [-0.2, 0) is 0 Å². The van der Waals surface area contributed by atoms with Gasteiger partial charge in [-0.05, 0) is 31.2 Å². The number of hydrogen-bond acceptors (Lipinski definition) is 4. The standard InChI is InChI=1S/C17H27NO2S/c1-21-17(10-6-3-7-11-17)14-18-12-15(19)13-20-16-8-4-2-5-9-16/h2,4-5,8-9,15,18-19H,3,6-7,10-14H2,1H3. The van der Waals surface area contributed by atoms with E-state index in [1.807, 2.05) is 42.1 Å².